The van der Waals surface area contributed by atoms with Gasteiger partial charge in [0.05, 0.1) is 0 Å². The summed E-state index contributed by atoms with van der Waals surface area (Å²) in [6.45, 7) is 3.53. The van der Waals surface area contributed by atoms with Crippen molar-refractivity contribution in [2.24, 2.45) is 0 Å². The van der Waals surface area contributed by atoms with Gasteiger partial charge in [0, 0.05) is 21.3 Å². The van der Waals surface area contributed by atoms with E-state index in [1.807, 2.05) is 0 Å². The molecule has 0 aliphatic carbocycles. The lowest BCUT2D eigenvalue weighted by atomic mass is 11.1. The zero-order valence-electron chi connectivity index (χ0n) is 8.52. The summed E-state index contributed by atoms with van der Waals surface area (Å²) < 4.78 is 56.0. The molecular formula is C7H12F4O3Si. The van der Waals surface area contributed by atoms with Gasteiger partial charge in [0.25, 0.3) is 0 Å². The summed E-state index contributed by atoms with van der Waals surface area (Å²) in [7, 11) is 2.20. The molecule has 0 saturated heterocycles. The lowest BCUT2D eigenvalue weighted by Crippen LogP contribution is -2.40. The van der Waals surface area contributed by atoms with Crippen molar-refractivity contribution in [3.63, 3.8) is 0 Å². The second-order valence-corrected chi connectivity index (χ2v) is 4.78. The molecule has 0 unspecified atom stereocenters. The van der Waals surface area contributed by atoms with E-state index in [0.717, 1.165) is 0 Å². The van der Waals surface area contributed by atoms with E-state index in [2.05, 4.69) is 6.58 Å². The third-order valence-corrected chi connectivity index (χ3v) is 3.45. The second-order valence-electron chi connectivity index (χ2n) is 1.94. The van der Waals surface area contributed by atoms with Crippen LogP contribution in [0.25, 0.3) is 0 Å². The molecule has 8 heteroatoms. The molecule has 3 nitrogen and oxygen atoms in total. The van der Waals surface area contributed by atoms with Crippen LogP contribution in [0.1, 0.15) is 0 Å². The SMILES string of the molecule is C=C[Si](OC)(OC)OC.FC(F)=C(F)F. The first-order chi connectivity index (χ1) is 6.89. The van der Waals surface area contributed by atoms with E-state index in [1.54, 1.807) is 27.0 Å². The summed E-state index contributed by atoms with van der Waals surface area (Å²) in [5.41, 5.74) is 1.58. The second kappa shape index (κ2) is 8.59. The Morgan fingerprint density at radius 2 is 1.20 bits per heavy atom. The highest BCUT2D eigenvalue weighted by Crippen LogP contribution is 2.08. The van der Waals surface area contributed by atoms with Crippen molar-refractivity contribution in [2.45, 2.75) is 0 Å². The van der Waals surface area contributed by atoms with Crippen molar-refractivity contribution < 1.29 is 30.8 Å². The molecule has 0 aromatic heterocycles. The van der Waals surface area contributed by atoms with Gasteiger partial charge in [-0.25, -0.2) is 0 Å². The van der Waals surface area contributed by atoms with E-state index in [9.17, 15) is 17.6 Å². The standard InChI is InChI=1S/C5H12O3Si.C2F4/c1-5-9(6-2,7-3)8-4;3-1(4)2(5)6/h5H,1H2,2-4H3;. The van der Waals surface area contributed by atoms with Crippen LogP contribution >= 0.6 is 0 Å². The van der Waals surface area contributed by atoms with Gasteiger partial charge in [-0.05, 0) is 5.70 Å². The van der Waals surface area contributed by atoms with Crippen molar-refractivity contribution in [2.75, 3.05) is 21.3 Å². The largest absolute Gasteiger partial charge is 0.528 e. The third-order valence-electron chi connectivity index (χ3n) is 1.25. The first-order valence-electron chi connectivity index (χ1n) is 3.54. The molecule has 0 N–H and O–H groups in total. The predicted octanol–water partition coefficient (Wildman–Crippen LogP) is 2.58. The molecule has 0 heterocycles. The Bertz CT molecular complexity index is 192. The molecule has 0 fully saturated rings. The average Bonchev–Trinajstić information content (AvgIpc) is 2.23. The summed E-state index contributed by atoms with van der Waals surface area (Å²) in [4.78, 5) is 0. The van der Waals surface area contributed by atoms with Gasteiger partial charge in [-0.1, -0.05) is 6.58 Å². The molecule has 0 spiro atoms. The predicted molar refractivity (Wildman–Crippen MR) is 48.4 cm³/mol. The fourth-order valence-corrected chi connectivity index (χ4v) is 1.50. The summed E-state index contributed by atoms with van der Waals surface area (Å²) in [6.07, 6.45) is -5.81. The van der Waals surface area contributed by atoms with E-state index in [4.69, 9.17) is 13.3 Å². The quantitative estimate of drug-likeness (QED) is 0.565. The van der Waals surface area contributed by atoms with Crippen LogP contribution in [0, 0.1) is 0 Å². The van der Waals surface area contributed by atoms with Crippen LogP contribution in [-0.2, 0) is 13.3 Å². The Kier molecular flexibility index (Phi) is 9.58. The number of hydrogen-bond acceptors (Lipinski definition) is 3. The molecule has 0 aromatic rings. The highest BCUT2D eigenvalue weighted by atomic mass is 28.4. The van der Waals surface area contributed by atoms with Gasteiger partial charge < -0.3 is 13.3 Å². The molecule has 0 aliphatic rings. The van der Waals surface area contributed by atoms with Gasteiger partial charge in [-0.3, -0.25) is 0 Å². The highest BCUT2D eigenvalue weighted by molar-refractivity contribution is 6.66. The maximum atomic E-state index is 10.3. The van der Waals surface area contributed by atoms with Crippen molar-refractivity contribution in [3.05, 3.63) is 24.4 Å². The van der Waals surface area contributed by atoms with Gasteiger partial charge >= 0.3 is 21.0 Å². The minimum Gasteiger partial charge on any atom is -0.374 e. The fourth-order valence-electron chi connectivity index (χ4n) is 0.500. The van der Waals surface area contributed by atoms with Crippen molar-refractivity contribution >= 4 is 8.80 Å². The molecule has 0 radical (unpaired) electrons. The minimum absolute atomic E-state index is 1.54. The Hall–Kier alpha value is -0.703. The Morgan fingerprint density at radius 3 is 1.20 bits per heavy atom. The van der Waals surface area contributed by atoms with E-state index in [0.29, 0.717) is 0 Å². The Labute approximate surface area is 86.3 Å². The normalized spacial score (nSPS) is 10.1. The van der Waals surface area contributed by atoms with Crippen LogP contribution in [0.2, 0.25) is 0 Å². The third kappa shape index (κ3) is 7.25. The molecule has 0 saturated carbocycles. The molecule has 0 bridgehead atoms. The number of rotatable bonds is 4. The van der Waals surface area contributed by atoms with Crippen LogP contribution in [-0.4, -0.2) is 30.1 Å². The van der Waals surface area contributed by atoms with Crippen molar-refractivity contribution in [1.82, 2.24) is 0 Å². The first kappa shape index (κ1) is 16.7. The highest BCUT2D eigenvalue weighted by Gasteiger charge is 2.33. The molecule has 0 atom stereocenters. The molecule has 0 aromatic carbocycles. The van der Waals surface area contributed by atoms with Crippen LogP contribution in [0.3, 0.4) is 0 Å². The van der Waals surface area contributed by atoms with E-state index in [1.165, 1.54) is 0 Å². The van der Waals surface area contributed by atoms with Crippen LogP contribution in [0.5, 0.6) is 0 Å². The van der Waals surface area contributed by atoms with Gasteiger partial charge in [0.15, 0.2) is 0 Å². The van der Waals surface area contributed by atoms with Crippen LogP contribution < -0.4 is 0 Å². The lowest BCUT2D eigenvalue weighted by molar-refractivity contribution is 0.138. The van der Waals surface area contributed by atoms with Crippen LogP contribution in [0.15, 0.2) is 24.4 Å². The van der Waals surface area contributed by atoms with E-state index >= 15 is 0 Å². The molecule has 90 valence electrons. The average molecular weight is 248 g/mol. The smallest absolute Gasteiger partial charge is 0.374 e. The lowest BCUT2D eigenvalue weighted by Gasteiger charge is -2.19. The fraction of sp³-hybridized carbons (Fsp3) is 0.429. The van der Waals surface area contributed by atoms with Crippen molar-refractivity contribution in [3.8, 4) is 0 Å². The zero-order chi connectivity index (χ0) is 12.5. The Morgan fingerprint density at radius 1 is 0.933 bits per heavy atom. The molecule has 0 rings (SSSR count). The van der Waals surface area contributed by atoms with E-state index in [-0.39, 0.29) is 0 Å². The summed E-state index contributed by atoms with van der Waals surface area (Å²) in [5, 5.41) is 0. The Balaban J connectivity index is 0. The maximum absolute atomic E-state index is 10.3. The maximum Gasteiger partial charge on any atom is 0.528 e. The van der Waals surface area contributed by atoms with Gasteiger partial charge in [-0.2, -0.15) is 17.6 Å². The van der Waals surface area contributed by atoms with Crippen LogP contribution in [0.4, 0.5) is 17.6 Å². The minimum atomic E-state index is -2.91. The summed E-state index contributed by atoms with van der Waals surface area (Å²) >= 11 is 0. The topological polar surface area (TPSA) is 27.7 Å². The number of hydrogen-bond donors (Lipinski definition) is 0. The molecule has 15 heavy (non-hydrogen) atoms. The van der Waals surface area contributed by atoms with Gasteiger partial charge in [0.1, 0.15) is 0 Å². The molecular weight excluding hydrogens is 236 g/mol. The summed E-state index contributed by atoms with van der Waals surface area (Å²) in [6, 6.07) is 0. The molecule has 0 aliphatic heterocycles. The van der Waals surface area contributed by atoms with Gasteiger partial charge in [-0.15, -0.1) is 0 Å². The monoisotopic (exact) mass is 248 g/mol. The van der Waals surface area contributed by atoms with E-state index < -0.39 is 21.0 Å². The first-order valence-corrected chi connectivity index (χ1v) is 5.34. The summed E-state index contributed by atoms with van der Waals surface area (Å²) in [5.74, 6) is 0. The molecule has 0 amide bonds. The number of halogens is 4. The van der Waals surface area contributed by atoms with Crippen molar-refractivity contribution in [1.29, 1.82) is 0 Å². The van der Waals surface area contributed by atoms with Gasteiger partial charge in [0.2, 0.25) is 0 Å². The zero-order valence-corrected chi connectivity index (χ0v) is 9.52.